The molecule has 0 aliphatic carbocycles. The van der Waals surface area contributed by atoms with Crippen LogP contribution in [0.2, 0.25) is 0 Å². The van der Waals surface area contributed by atoms with Crippen molar-refractivity contribution in [2.45, 2.75) is 245 Å². The molecule has 0 spiro atoms. The van der Waals surface area contributed by atoms with Crippen LogP contribution in [0.15, 0.2) is 85.1 Å². The van der Waals surface area contributed by atoms with Crippen molar-refractivity contribution in [3.05, 3.63) is 85.1 Å². The quantitative estimate of drug-likeness (QED) is 0.0199. The second kappa shape index (κ2) is 51.2. The molecule has 0 heterocycles. The van der Waals surface area contributed by atoms with Crippen molar-refractivity contribution < 1.29 is 28.6 Å². The summed E-state index contributed by atoms with van der Waals surface area (Å²) in [4.78, 5) is 37.9. The predicted molar refractivity (Wildman–Crippen MR) is 270 cm³/mol. The van der Waals surface area contributed by atoms with Crippen LogP contribution in [0.5, 0.6) is 0 Å². The molecule has 0 fully saturated rings. The number of allylic oxidation sites excluding steroid dienone is 14. The van der Waals surface area contributed by atoms with Gasteiger partial charge in [0.15, 0.2) is 6.10 Å². The van der Waals surface area contributed by atoms with Gasteiger partial charge in [0, 0.05) is 19.3 Å². The Bertz CT molecular complexity index is 1240. The van der Waals surface area contributed by atoms with E-state index in [1.165, 1.54) is 89.9 Å². The molecule has 0 aromatic carbocycles. The smallest absolute Gasteiger partial charge is 0.306 e. The highest BCUT2D eigenvalue weighted by Crippen LogP contribution is 2.13. The summed E-state index contributed by atoms with van der Waals surface area (Å²) in [5.41, 5.74) is 0. The van der Waals surface area contributed by atoms with Crippen LogP contribution in [0.4, 0.5) is 0 Å². The van der Waals surface area contributed by atoms with E-state index in [0.717, 1.165) is 103 Å². The summed E-state index contributed by atoms with van der Waals surface area (Å²) in [5, 5.41) is 0. The second-order valence-electron chi connectivity index (χ2n) is 17.1. The standard InChI is InChI=1S/C57H96O6/c1-4-7-10-13-16-19-22-25-27-29-31-32-35-38-41-44-47-50-56(59)62-53-54(52-61-55(58)49-46-43-40-37-34-24-21-18-15-12-9-6-3)63-57(60)51-48-45-42-39-36-33-30-28-26-23-20-17-14-11-8-5-2/h9,12,18,21,25,27-28,30-33,36,38,41,54H,4-8,10-11,13-17,19-20,22-24,26,29,34-35,37,39-40,42-53H2,1-3H3/b12-9-,21-18-,27-25-,30-28-,32-31-,36-33-,41-38-. The molecule has 0 radical (unpaired) electrons. The average molecular weight is 877 g/mol. The SMILES string of the molecule is CC/C=C\C/C=C\CCCCCCCC(=O)OCC(COC(=O)CCC/C=C\C/C=C\C/C=C\CCCCCCCC)OC(=O)CCCCC/C=C\C=C/CCCCCCCCC. The van der Waals surface area contributed by atoms with Crippen molar-refractivity contribution in [1.82, 2.24) is 0 Å². The fourth-order valence-corrected chi connectivity index (χ4v) is 6.96. The predicted octanol–water partition coefficient (Wildman–Crippen LogP) is 17.2. The van der Waals surface area contributed by atoms with E-state index in [4.69, 9.17) is 14.2 Å². The number of carbonyl (C=O) groups is 3. The summed E-state index contributed by atoms with van der Waals surface area (Å²) >= 11 is 0. The van der Waals surface area contributed by atoms with Gasteiger partial charge < -0.3 is 14.2 Å². The lowest BCUT2D eigenvalue weighted by Gasteiger charge is -2.18. The number of esters is 3. The third kappa shape index (κ3) is 49.5. The minimum atomic E-state index is -0.816. The van der Waals surface area contributed by atoms with Crippen LogP contribution in [0.3, 0.4) is 0 Å². The molecule has 0 aromatic heterocycles. The molecule has 360 valence electrons. The molecule has 0 saturated carbocycles. The zero-order chi connectivity index (χ0) is 45.8. The summed E-state index contributed by atoms with van der Waals surface area (Å²) < 4.78 is 16.7. The van der Waals surface area contributed by atoms with E-state index in [2.05, 4.69) is 106 Å². The fourth-order valence-electron chi connectivity index (χ4n) is 6.96. The number of carbonyl (C=O) groups excluding carboxylic acids is 3. The van der Waals surface area contributed by atoms with Gasteiger partial charge in [0.25, 0.3) is 0 Å². The van der Waals surface area contributed by atoms with Gasteiger partial charge in [0.1, 0.15) is 13.2 Å². The van der Waals surface area contributed by atoms with Crippen LogP contribution in [-0.2, 0) is 28.6 Å². The molecule has 1 atom stereocenters. The Kier molecular flexibility index (Phi) is 48.5. The van der Waals surface area contributed by atoms with Crippen LogP contribution in [0.1, 0.15) is 239 Å². The van der Waals surface area contributed by atoms with E-state index in [-0.39, 0.29) is 44.0 Å². The highest BCUT2D eigenvalue weighted by molar-refractivity contribution is 5.71. The van der Waals surface area contributed by atoms with Crippen molar-refractivity contribution >= 4 is 17.9 Å². The normalized spacial score (nSPS) is 12.7. The molecule has 0 bridgehead atoms. The van der Waals surface area contributed by atoms with Gasteiger partial charge in [-0.15, -0.1) is 0 Å². The Morgan fingerprint density at radius 1 is 0.349 bits per heavy atom. The van der Waals surface area contributed by atoms with Gasteiger partial charge in [-0.25, -0.2) is 0 Å². The summed E-state index contributed by atoms with van der Waals surface area (Å²) in [6, 6.07) is 0. The van der Waals surface area contributed by atoms with Crippen LogP contribution in [-0.4, -0.2) is 37.2 Å². The molecular weight excluding hydrogens is 781 g/mol. The van der Waals surface area contributed by atoms with Crippen molar-refractivity contribution in [2.24, 2.45) is 0 Å². The van der Waals surface area contributed by atoms with Crippen LogP contribution < -0.4 is 0 Å². The summed E-state index contributed by atoms with van der Waals surface area (Å²) in [5.74, 6) is -1.01. The first kappa shape index (κ1) is 59.6. The van der Waals surface area contributed by atoms with E-state index >= 15 is 0 Å². The molecule has 0 aromatic rings. The fraction of sp³-hybridized carbons (Fsp3) is 0.702. The maximum Gasteiger partial charge on any atom is 0.306 e. The van der Waals surface area contributed by atoms with Crippen molar-refractivity contribution in [1.29, 1.82) is 0 Å². The average Bonchev–Trinajstić information content (AvgIpc) is 3.28. The molecule has 63 heavy (non-hydrogen) atoms. The molecule has 6 nitrogen and oxygen atoms in total. The number of unbranched alkanes of at least 4 members (excludes halogenated alkanes) is 22. The van der Waals surface area contributed by atoms with Crippen molar-refractivity contribution in [3.63, 3.8) is 0 Å². The maximum absolute atomic E-state index is 12.8. The lowest BCUT2D eigenvalue weighted by atomic mass is 10.1. The van der Waals surface area contributed by atoms with E-state index in [9.17, 15) is 14.4 Å². The van der Waals surface area contributed by atoms with Crippen molar-refractivity contribution in [2.75, 3.05) is 13.2 Å². The molecule has 0 amide bonds. The molecule has 0 aliphatic rings. The van der Waals surface area contributed by atoms with Gasteiger partial charge in [-0.3, -0.25) is 14.4 Å². The Balaban J connectivity index is 4.52. The van der Waals surface area contributed by atoms with Gasteiger partial charge in [-0.05, 0) is 103 Å². The lowest BCUT2D eigenvalue weighted by molar-refractivity contribution is -0.167. The van der Waals surface area contributed by atoms with E-state index < -0.39 is 6.10 Å². The highest BCUT2D eigenvalue weighted by atomic mass is 16.6. The minimum absolute atomic E-state index is 0.111. The summed E-state index contributed by atoms with van der Waals surface area (Å²) in [6.45, 7) is 6.43. The first-order valence-corrected chi connectivity index (χ1v) is 26.1. The third-order valence-electron chi connectivity index (χ3n) is 10.9. The number of rotatable bonds is 46. The van der Waals surface area contributed by atoms with Crippen LogP contribution in [0, 0.1) is 0 Å². The van der Waals surface area contributed by atoms with E-state index in [0.29, 0.717) is 12.8 Å². The van der Waals surface area contributed by atoms with Gasteiger partial charge in [0.05, 0.1) is 0 Å². The zero-order valence-corrected chi connectivity index (χ0v) is 41.1. The Labute approximate surface area is 388 Å². The summed E-state index contributed by atoms with van der Waals surface area (Å²) in [6.07, 6.45) is 65.8. The maximum atomic E-state index is 12.8. The van der Waals surface area contributed by atoms with Gasteiger partial charge in [0.2, 0.25) is 0 Å². The second-order valence-corrected chi connectivity index (χ2v) is 17.1. The highest BCUT2D eigenvalue weighted by Gasteiger charge is 2.19. The Morgan fingerprint density at radius 3 is 1.14 bits per heavy atom. The first-order valence-electron chi connectivity index (χ1n) is 26.1. The molecule has 0 saturated heterocycles. The zero-order valence-electron chi connectivity index (χ0n) is 41.1. The number of hydrogen-bond acceptors (Lipinski definition) is 6. The first-order chi connectivity index (χ1) is 31.0. The Hall–Kier alpha value is -3.41. The Morgan fingerprint density at radius 2 is 0.683 bits per heavy atom. The van der Waals surface area contributed by atoms with Crippen molar-refractivity contribution in [3.8, 4) is 0 Å². The lowest BCUT2D eigenvalue weighted by Crippen LogP contribution is -2.30. The largest absolute Gasteiger partial charge is 0.462 e. The van der Waals surface area contributed by atoms with Gasteiger partial charge in [-0.1, -0.05) is 202 Å². The number of ether oxygens (including phenoxy) is 3. The van der Waals surface area contributed by atoms with Crippen LogP contribution in [0.25, 0.3) is 0 Å². The molecular formula is C57H96O6. The molecule has 0 rings (SSSR count). The third-order valence-corrected chi connectivity index (χ3v) is 10.9. The summed E-state index contributed by atoms with van der Waals surface area (Å²) in [7, 11) is 0. The monoisotopic (exact) mass is 877 g/mol. The van der Waals surface area contributed by atoms with E-state index in [1.807, 2.05) is 0 Å². The molecule has 0 N–H and O–H groups in total. The molecule has 1 unspecified atom stereocenters. The van der Waals surface area contributed by atoms with Gasteiger partial charge >= 0.3 is 17.9 Å². The number of hydrogen-bond donors (Lipinski definition) is 0. The minimum Gasteiger partial charge on any atom is -0.462 e. The molecule has 0 aliphatic heterocycles. The van der Waals surface area contributed by atoms with E-state index in [1.54, 1.807) is 0 Å². The van der Waals surface area contributed by atoms with Gasteiger partial charge in [-0.2, -0.15) is 0 Å². The molecule has 6 heteroatoms. The van der Waals surface area contributed by atoms with Crippen LogP contribution >= 0.6 is 0 Å². The topological polar surface area (TPSA) is 78.9 Å².